The standard InChI is InChI=1S/C20H30ClN3O5/c1-3-28-18-10-17(22)16(21)9-15(18)20(27)23-11-14-12-24(7-8-29-14)13(2)5-4-6-19(25)26/h9-10,13-14H,3-8,11-12,22H2,1-2H3,(H,23,27)(H,25,26)/t13-,14?/m0/s1. The Kier molecular flexibility index (Phi) is 9.00. The second-order valence-corrected chi connectivity index (χ2v) is 7.54. The number of aliphatic carboxylic acids is 1. The number of hydrogen-bond acceptors (Lipinski definition) is 6. The first-order valence-electron chi connectivity index (χ1n) is 9.89. The Bertz CT molecular complexity index is 716. The fourth-order valence-corrected chi connectivity index (χ4v) is 3.48. The second-order valence-electron chi connectivity index (χ2n) is 7.14. The number of anilines is 1. The summed E-state index contributed by atoms with van der Waals surface area (Å²) in [6.45, 7) is 6.71. The maximum atomic E-state index is 12.7. The highest BCUT2D eigenvalue weighted by molar-refractivity contribution is 6.33. The van der Waals surface area contributed by atoms with Crippen molar-refractivity contribution in [3.63, 3.8) is 0 Å². The average Bonchev–Trinajstić information content (AvgIpc) is 2.68. The molecule has 2 atom stereocenters. The van der Waals surface area contributed by atoms with E-state index in [-0.39, 0.29) is 24.5 Å². The molecule has 9 heteroatoms. The smallest absolute Gasteiger partial charge is 0.303 e. The first-order chi connectivity index (χ1) is 13.8. The van der Waals surface area contributed by atoms with E-state index in [2.05, 4.69) is 17.1 Å². The van der Waals surface area contributed by atoms with Gasteiger partial charge in [0, 0.05) is 38.2 Å². The van der Waals surface area contributed by atoms with Crippen LogP contribution in [0.15, 0.2) is 12.1 Å². The quantitative estimate of drug-likeness (QED) is 0.491. The molecule has 1 aliphatic rings. The van der Waals surface area contributed by atoms with Gasteiger partial charge in [0.15, 0.2) is 0 Å². The van der Waals surface area contributed by atoms with Gasteiger partial charge in [-0.05, 0) is 32.8 Å². The molecular weight excluding hydrogens is 398 g/mol. The molecule has 0 aliphatic carbocycles. The monoisotopic (exact) mass is 427 g/mol. The van der Waals surface area contributed by atoms with Crippen LogP contribution >= 0.6 is 11.6 Å². The molecule has 0 bridgehead atoms. The number of nitrogens with two attached hydrogens (primary N) is 1. The molecule has 1 aromatic carbocycles. The van der Waals surface area contributed by atoms with Crippen LogP contribution in [0.4, 0.5) is 5.69 Å². The molecule has 1 saturated heterocycles. The summed E-state index contributed by atoms with van der Waals surface area (Å²) in [5, 5.41) is 12.0. The number of nitrogen functional groups attached to an aromatic ring is 1. The van der Waals surface area contributed by atoms with Gasteiger partial charge >= 0.3 is 5.97 Å². The summed E-state index contributed by atoms with van der Waals surface area (Å²) in [5.74, 6) is -0.676. The number of carboxylic acids is 1. The van der Waals surface area contributed by atoms with Gasteiger partial charge in [0.05, 0.1) is 35.6 Å². The molecule has 29 heavy (non-hydrogen) atoms. The number of nitrogens with one attached hydrogen (secondary N) is 1. The lowest BCUT2D eigenvalue weighted by molar-refractivity contribution is -0.137. The number of rotatable bonds is 10. The van der Waals surface area contributed by atoms with Crippen molar-refractivity contribution in [3.05, 3.63) is 22.7 Å². The van der Waals surface area contributed by atoms with Crippen molar-refractivity contribution in [2.45, 2.75) is 45.3 Å². The minimum Gasteiger partial charge on any atom is -0.493 e. The summed E-state index contributed by atoms with van der Waals surface area (Å²) in [5.41, 5.74) is 6.49. The van der Waals surface area contributed by atoms with Crippen LogP contribution in [0.3, 0.4) is 0 Å². The minimum atomic E-state index is -0.769. The molecule has 8 nitrogen and oxygen atoms in total. The SMILES string of the molecule is CCOc1cc(N)c(Cl)cc1C(=O)NCC1CN([C@@H](C)CCCC(=O)O)CCO1. The Balaban J connectivity index is 1.90. The van der Waals surface area contributed by atoms with E-state index in [1.54, 1.807) is 6.07 Å². The van der Waals surface area contributed by atoms with E-state index in [9.17, 15) is 9.59 Å². The molecule has 1 aliphatic heterocycles. The van der Waals surface area contributed by atoms with Crippen molar-refractivity contribution < 1.29 is 24.2 Å². The molecule has 1 fully saturated rings. The number of carbonyl (C=O) groups excluding carboxylic acids is 1. The largest absolute Gasteiger partial charge is 0.493 e. The van der Waals surface area contributed by atoms with Gasteiger partial charge in [0.2, 0.25) is 0 Å². The van der Waals surface area contributed by atoms with Gasteiger partial charge in [-0.3, -0.25) is 14.5 Å². The fraction of sp³-hybridized carbons (Fsp3) is 0.600. The van der Waals surface area contributed by atoms with Gasteiger partial charge in [-0.25, -0.2) is 0 Å². The third kappa shape index (κ3) is 7.06. The summed E-state index contributed by atoms with van der Waals surface area (Å²) in [7, 11) is 0. The van der Waals surface area contributed by atoms with E-state index in [0.29, 0.717) is 54.7 Å². The molecule has 0 aromatic heterocycles. The van der Waals surface area contributed by atoms with Crippen molar-refractivity contribution >= 4 is 29.2 Å². The Morgan fingerprint density at radius 2 is 2.24 bits per heavy atom. The lowest BCUT2D eigenvalue weighted by atomic mass is 10.1. The van der Waals surface area contributed by atoms with Crippen LogP contribution in [-0.2, 0) is 9.53 Å². The van der Waals surface area contributed by atoms with Crippen LogP contribution in [-0.4, -0.2) is 66.9 Å². The number of carbonyl (C=O) groups is 2. The molecule has 1 aromatic rings. The maximum absolute atomic E-state index is 12.7. The number of morpholine rings is 1. The number of nitrogens with zero attached hydrogens (tertiary/aromatic N) is 1. The Morgan fingerprint density at radius 1 is 1.48 bits per heavy atom. The van der Waals surface area contributed by atoms with Crippen LogP contribution in [0, 0.1) is 0 Å². The topological polar surface area (TPSA) is 114 Å². The van der Waals surface area contributed by atoms with Crippen LogP contribution in [0.5, 0.6) is 5.75 Å². The molecule has 0 radical (unpaired) electrons. The minimum absolute atomic E-state index is 0.144. The van der Waals surface area contributed by atoms with E-state index >= 15 is 0 Å². The van der Waals surface area contributed by atoms with Gasteiger partial charge in [-0.1, -0.05) is 11.6 Å². The second kappa shape index (κ2) is 11.2. The van der Waals surface area contributed by atoms with Gasteiger partial charge < -0.3 is 25.6 Å². The predicted molar refractivity (Wildman–Crippen MR) is 112 cm³/mol. The zero-order valence-electron chi connectivity index (χ0n) is 16.9. The normalized spacial score (nSPS) is 18.2. The average molecular weight is 428 g/mol. The first-order valence-corrected chi connectivity index (χ1v) is 10.3. The van der Waals surface area contributed by atoms with Crippen molar-refractivity contribution in [1.29, 1.82) is 0 Å². The van der Waals surface area contributed by atoms with Crippen LogP contribution in [0.1, 0.15) is 43.5 Å². The van der Waals surface area contributed by atoms with Crippen LogP contribution < -0.4 is 15.8 Å². The highest BCUT2D eigenvalue weighted by Crippen LogP contribution is 2.29. The van der Waals surface area contributed by atoms with Crippen LogP contribution in [0.25, 0.3) is 0 Å². The van der Waals surface area contributed by atoms with Gasteiger partial charge in [0.1, 0.15) is 5.75 Å². The summed E-state index contributed by atoms with van der Waals surface area (Å²) in [6, 6.07) is 3.32. The third-order valence-corrected chi connectivity index (χ3v) is 5.27. The molecule has 1 unspecified atom stereocenters. The molecule has 4 N–H and O–H groups in total. The van der Waals surface area contributed by atoms with E-state index in [0.717, 1.165) is 13.0 Å². The number of ether oxygens (including phenoxy) is 2. The first kappa shape index (κ1) is 23.3. The van der Waals surface area contributed by atoms with Crippen molar-refractivity contribution in [1.82, 2.24) is 10.2 Å². The Morgan fingerprint density at radius 3 is 2.93 bits per heavy atom. The summed E-state index contributed by atoms with van der Waals surface area (Å²) in [6.07, 6.45) is 1.50. The van der Waals surface area contributed by atoms with Crippen molar-refractivity contribution in [2.24, 2.45) is 0 Å². The Labute approximate surface area is 176 Å². The zero-order chi connectivity index (χ0) is 21.4. The highest BCUT2D eigenvalue weighted by Gasteiger charge is 2.25. The van der Waals surface area contributed by atoms with E-state index in [4.69, 9.17) is 31.9 Å². The third-order valence-electron chi connectivity index (χ3n) is 4.94. The van der Waals surface area contributed by atoms with Gasteiger partial charge in [0.25, 0.3) is 5.91 Å². The van der Waals surface area contributed by atoms with Crippen molar-refractivity contribution in [2.75, 3.05) is 38.6 Å². The molecule has 162 valence electrons. The number of benzene rings is 1. The summed E-state index contributed by atoms with van der Waals surface area (Å²) < 4.78 is 11.3. The molecule has 0 saturated carbocycles. The number of hydrogen-bond donors (Lipinski definition) is 3. The lowest BCUT2D eigenvalue weighted by Gasteiger charge is -2.37. The highest BCUT2D eigenvalue weighted by atomic mass is 35.5. The molecule has 2 rings (SSSR count). The van der Waals surface area contributed by atoms with Gasteiger partial charge in [-0.15, -0.1) is 0 Å². The molecule has 1 heterocycles. The van der Waals surface area contributed by atoms with E-state index < -0.39 is 5.97 Å². The number of amides is 1. The van der Waals surface area contributed by atoms with Crippen molar-refractivity contribution in [3.8, 4) is 5.75 Å². The van der Waals surface area contributed by atoms with E-state index in [1.807, 2.05) is 6.92 Å². The molecule has 1 amide bonds. The predicted octanol–water partition coefficient (Wildman–Crippen LogP) is 2.39. The fourth-order valence-electron chi connectivity index (χ4n) is 3.32. The van der Waals surface area contributed by atoms with Gasteiger partial charge in [-0.2, -0.15) is 0 Å². The summed E-state index contributed by atoms with van der Waals surface area (Å²) >= 11 is 6.07. The maximum Gasteiger partial charge on any atom is 0.303 e. The lowest BCUT2D eigenvalue weighted by Crippen LogP contribution is -2.50. The summed E-state index contributed by atoms with van der Waals surface area (Å²) in [4.78, 5) is 25.6. The van der Waals surface area contributed by atoms with Crippen LogP contribution in [0.2, 0.25) is 5.02 Å². The zero-order valence-corrected chi connectivity index (χ0v) is 17.7. The number of carboxylic acid groups (broad SMARTS) is 1. The van der Waals surface area contributed by atoms with E-state index in [1.165, 1.54) is 6.07 Å². The number of halogens is 1. The Hall–Kier alpha value is -2.03. The molecule has 0 spiro atoms. The molecular formula is C20H30ClN3O5.